The molecule has 0 atom stereocenters. The lowest BCUT2D eigenvalue weighted by Gasteiger charge is -2.16. The molecule has 1 aliphatic heterocycles. The summed E-state index contributed by atoms with van der Waals surface area (Å²) in [6, 6.07) is 11.9. The molecule has 0 bridgehead atoms. The van der Waals surface area contributed by atoms with Gasteiger partial charge in [-0.15, -0.1) is 0 Å². The van der Waals surface area contributed by atoms with Crippen molar-refractivity contribution in [3.05, 3.63) is 93.2 Å². The van der Waals surface area contributed by atoms with Crippen LogP contribution < -0.4 is 5.32 Å². The first-order valence-corrected chi connectivity index (χ1v) is 12.1. The third kappa shape index (κ3) is 5.49. The highest BCUT2D eigenvalue weighted by Gasteiger charge is 2.33. The minimum absolute atomic E-state index is 0.216. The second kappa shape index (κ2) is 10.8. The Morgan fingerprint density at radius 2 is 1.83 bits per heavy atom. The van der Waals surface area contributed by atoms with E-state index in [1.54, 1.807) is 43.5 Å². The molecule has 2 heterocycles. The number of aromatic carboxylic acids is 1. The van der Waals surface area contributed by atoms with Crippen molar-refractivity contribution in [3.63, 3.8) is 0 Å². The van der Waals surface area contributed by atoms with Gasteiger partial charge in [-0.2, -0.15) is 0 Å². The van der Waals surface area contributed by atoms with Gasteiger partial charge in [0.05, 0.1) is 24.0 Å². The summed E-state index contributed by atoms with van der Waals surface area (Å²) in [6.07, 6.45) is 6.09. The number of urea groups is 1. The van der Waals surface area contributed by atoms with Crippen molar-refractivity contribution in [2.45, 2.75) is 46.2 Å². The Morgan fingerprint density at radius 3 is 2.50 bits per heavy atom. The lowest BCUT2D eigenvalue weighted by Crippen LogP contribution is -2.27. The van der Waals surface area contributed by atoms with Gasteiger partial charge in [0.1, 0.15) is 11.5 Å². The number of carbonyl (C=O) groups is 3. The number of aromatic nitrogens is 2. The number of amides is 3. The van der Waals surface area contributed by atoms with E-state index in [9.17, 15) is 19.5 Å². The SMILES string of the molecule is CCCCc1ncc(/C=C2/C(=O)NC(=O)N2Cc2ccc(Cl)cc2)n1Cc1ccc(C(=O)O)c(C)c1. The number of imide groups is 1. The number of nitrogens with one attached hydrogen (secondary N) is 1. The Balaban J connectivity index is 1.69. The lowest BCUT2D eigenvalue weighted by molar-refractivity contribution is -0.116. The first kappa shape index (κ1) is 25.2. The average molecular weight is 507 g/mol. The minimum atomic E-state index is -0.964. The molecule has 36 heavy (non-hydrogen) atoms. The van der Waals surface area contributed by atoms with Gasteiger partial charge in [0.25, 0.3) is 5.91 Å². The number of unbranched alkanes of at least 4 members (excludes halogenated alkanes) is 1. The molecular weight excluding hydrogens is 480 g/mol. The standard InChI is InChI=1S/C27H27ClN4O4/c1-3-4-5-24-29-14-21(31(24)16-19-8-11-22(26(34)35)17(2)12-19)13-23-25(33)30-27(36)32(23)15-18-6-9-20(28)10-7-18/h6-14H,3-5,15-16H2,1-2H3,(H,34,35)(H,30,33,36)/b23-13-. The number of nitrogens with zero attached hydrogens (tertiary/aromatic N) is 3. The van der Waals surface area contributed by atoms with Crippen LogP contribution in [-0.4, -0.2) is 37.5 Å². The van der Waals surface area contributed by atoms with Crippen LogP contribution in [0.2, 0.25) is 5.02 Å². The van der Waals surface area contributed by atoms with Crippen molar-refractivity contribution in [1.29, 1.82) is 0 Å². The van der Waals surface area contributed by atoms with E-state index in [1.165, 1.54) is 4.90 Å². The van der Waals surface area contributed by atoms with Crippen LogP contribution in [0.5, 0.6) is 0 Å². The molecule has 0 aliphatic carbocycles. The number of halogens is 1. The summed E-state index contributed by atoms with van der Waals surface area (Å²) < 4.78 is 2.01. The van der Waals surface area contributed by atoms with E-state index in [-0.39, 0.29) is 17.8 Å². The van der Waals surface area contributed by atoms with E-state index in [0.29, 0.717) is 22.8 Å². The maximum absolute atomic E-state index is 12.7. The van der Waals surface area contributed by atoms with E-state index in [0.717, 1.165) is 36.2 Å². The fourth-order valence-corrected chi connectivity index (χ4v) is 4.31. The van der Waals surface area contributed by atoms with Crippen LogP contribution in [-0.2, 0) is 24.3 Å². The summed E-state index contributed by atoms with van der Waals surface area (Å²) in [5.41, 5.74) is 3.60. The molecule has 0 unspecified atom stereocenters. The smallest absolute Gasteiger partial charge is 0.335 e. The highest BCUT2D eigenvalue weighted by molar-refractivity contribution is 6.30. The monoisotopic (exact) mass is 506 g/mol. The fraction of sp³-hybridized carbons (Fsp3) is 0.259. The zero-order chi connectivity index (χ0) is 25.8. The summed E-state index contributed by atoms with van der Waals surface area (Å²) in [5, 5.41) is 12.3. The van der Waals surface area contributed by atoms with Crippen molar-refractivity contribution in [2.24, 2.45) is 0 Å². The van der Waals surface area contributed by atoms with Gasteiger partial charge in [-0.25, -0.2) is 14.6 Å². The second-order valence-corrected chi connectivity index (χ2v) is 9.18. The first-order chi connectivity index (χ1) is 17.3. The normalized spacial score (nSPS) is 14.5. The Kier molecular flexibility index (Phi) is 7.55. The lowest BCUT2D eigenvalue weighted by atomic mass is 10.0. The van der Waals surface area contributed by atoms with E-state index < -0.39 is 17.9 Å². The summed E-state index contributed by atoms with van der Waals surface area (Å²) in [4.78, 5) is 42.7. The van der Waals surface area contributed by atoms with Crippen LogP contribution in [0, 0.1) is 6.92 Å². The van der Waals surface area contributed by atoms with Gasteiger partial charge < -0.3 is 9.67 Å². The van der Waals surface area contributed by atoms with Crippen LogP contribution >= 0.6 is 11.6 Å². The van der Waals surface area contributed by atoms with Crippen LogP contribution in [0.25, 0.3) is 6.08 Å². The number of carboxylic acids is 1. The Bertz CT molecular complexity index is 1340. The van der Waals surface area contributed by atoms with Gasteiger partial charge in [0.2, 0.25) is 0 Å². The van der Waals surface area contributed by atoms with E-state index in [4.69, 9.17) is 11.6 Å². The Morgan fingerprint density at radius 1 is 1.11 bits per heavy atom. The topological polar surface area (TPSA) is 105 Å². The number of rotatable bonds is 9. The van der Waals surface area contributed by atoms with Gasteiger partial charge in [-0.3, -0.25) is 15.0 Å². The molecule has 1 fully saturated rings. The molecule has 1 aromatic heterocycles. The van der Waals surface area contributed by atoms with Crippen LogP contribution in [0.4, 0.5) is 4.79 Å². The molecule has 4 rings (SSSR count). The molecule has 0 radical (unpaired) electrons. The van der Waals surface area contributed by atoms with Crippen molar-refractivity contribution >= 4 is 35.6 Å². The Labute approximate surface area is 214 Å². The molecule has 3 amide bonds. The van der Waals surface area contributed by atoms with Crippen LogP contribution in [0.3, 0.4) is 0 Å². The van der Waals surface area contributed by atoms with Crippen molar-refractivity contribution in [1.82, 2.24) is 19.8 Å². The molecule has 3 aromatic rings. The van der Waals surface area contributed by atoms with E-state index in [2.05, 4.69) is 17.2 Å². The van der Waals surface area contributed by atoms with Gasteiger partial charge in [-0.1, -0.05) is 49.2 Å². The third-order valence-electron chi connectivity index (χ3n) is 6.11. The first-order valence-electron chi connectivity index (χ1n) is 11.7. The molecule has 8 nitrogen and oxygen atoms in total. The van der Waals surface area contributed by atoms with Crippen LogP contribution in [0.15, 0.2) is 54.4 Å². The Hall–Kier alpha value is -3.91. The quantitative estimate of drug-likeness (QED) is 0.313. The van der Waals surface area contributed by atoms with Gasteiger partial charge in [0, 0.05) is 18.0 Å². The highest BCUT2D eigenvalue weighted by Crippen LogP contribution is 2.23. The zero-order valence-corrected chi connectivity index (χ0v) is 20.9. The largest absolute Gasteiger partial charge is 0.478 e. The molecule has 2 N–H and O–H groups in total. The summed E-state index contributed by atoms with van der Waals surface area (Å²) >= 11 is 5.98. The molecule has 186 valence electrons. The van der Waals surface area contributed by atoms with E-state index >= 15 is 0 Å². The zero-order valence-electron chi connectivity index (χ0n) is 20.1. The predicted molar refractivity (Wildman–Crippen MR) is 137 cm³/mol. The molecule has 0 saturated carbocycles. The van der Waals surface area contributed by atoms with E-state index in [1.807, 2.05) is 22.8 Å². The number of hydrogen-bond acceptors (Lipinski definition) is 4. The average Bonchev–Trinajstić information content (AvgIpc) is 3.33. The minimum Gasteiger partial charge on any atom is -0.478 e. The molecule has 2 aromatic carbocycles. The number of aryl methyl sites for hydroxylation is 2. The number of hydrogen-bond donors (Lipinski definition) is 2. The third-order valence-corrected chi connectivity index (χ3v) is 6.36. The molecule has 1 aliphatic rings. The number of carboxylic acid groups (broad SMARTS) is 1. The summed E-state index contributed by atoms with van der Waals surface area (Å²) in [7, 11) is 0. The second-order valence-electron chi connectivity index (χ2n) is 8.74. The fourth-order valence-electron chi connectivity index (χ4n) is 4.18. The summed E-state index contributed by atoms with van der Waals surface area (Å²) in [6.45, 7) is 4.54. The predicted octanol–water partition coefficient (Wildman–Crippen LogP) is 5.03. The number of imidazole rings is 1. The van der Waals surface area contributed by atoms with Crippen molar-refractivity contribution in [2.75, 3.05) is 0 Å². The number of carbonyl (C=O) groups excluding carboxylic acids is 2. The number of benzene rings is 2. The van der Waals surface area contributed by atoms with Gasteiger partial charge in [0.15, 0.2) is 0 Å². The molecule has 0 spiro atoms. The maximum atomic E-state index is 12.7. The molecule has 1 saturated heterocycles. The van der Waals surface area contributed by atoms with Crippen LogP contribution in [0.1, 0.15) is 58.3 Å². The van der Waals surface area contributed by atoms with Crippen molar-refractivity contribution < 1.29 is 19.5 Å². The van der Waals surface area contributed by atoms with Crippen molar-refractivity contribution in [3.8, 4) is 0 Å². The summed E-state index contributed by atoms with van der Waals surface area (Å²) in [5.74, 6) is -0.579. The van der Waals surface area contributed by atoms with Gasteiger partial charge in [-0.05, 0) is 54.3 Å². The maximum Gasteiger partial charge on any atom is 0.335 e. The molecule has 9 heteroatoms. The van der Waals surface area contributed by atoms with Gasteiger partial charge >= 0.3 is 12.0 Å². The highest BCUT2D eigenvalue weighted by atomic mass is 35.5. The molecular formula is C27H27ClN4O4.